The topological polar surface area (TPSA) is 66.2 Å². The number of alkyl halides is 1. The van der Waals surface area contributed by atoms with Crippen molar-refractivity contribution in [3.05, 3.63) is 29.8 Å². The fourth-order valence-corrected chi connectivity index (χ4v) is 2.32. The van der Waals surface area contributed by atoms with Gasteiger partial charge in [0.2, 0.25) is 5.91 Å². The molecular formula is C17H22ClN3O3. The third-order valence-electron chi connectivity index (χ3n) is 3.40. The van der Waals surface area contributed by atoms with Crippen molar-refractivity contribution in [1.29, 1.82) is 0 Å². The smallest absolute Gasteiger partial charge is 0.336 e. The van der Waals surface area contributed by atoms with Crippen LogP contribution >= 0.6 is 11.6 Å². The number of rotatable bonds is 9. The summed E-state index contributed by atoms with van der Waals surface area (Å²) in [7, 11) is 0. The minimum atomic E-state index is -0.152. The van der Waals surface area contributed by atoms with Crippen LogP contribution in [0.1, 0.15) is 30.1 Å². The lowest BCUT2D eigenvalue weighted by molar-refractivity contribution is 0.0881. The lowest BCUT2D eigenvalue weighted by Gasteiger charge is -2.06. The molecule has 0 bridgehead atoms. The summed E-state index contributed by atoms with van der Waals surface area (Å²) in [5.74, 6) is 0.762. The van der Waals surface area contributed by atoms with Gasteiger partial charge >= 0.3 is 6.01 Å². The summed E-state index contributed by atoms with van der Waals surface area (Å²) in [6.45, 7) is 5.29. The van der Waals surface area contributed by atoms with E-state index in [9.17, 15) is 4.79 Å². The molecule has 0 atom stereocenters. The second kappa shape index (κ2) is 9.39. The first-order valence-electron chi connectivity index (χ1n) is 8.00. The van der Waals surface area contributed by atoms with Gasteiger partial charge in [-0.1, -0.05) is 24.3 Å². The van der Waals surface area contributed by atoms with Gasteiger partial charge in [0, 0.05) is 24.5 Å². The number of carbonyl (C=O) groups is 1. The van der Waals surface area contributed by atoms with Crippen LogP contribution in [0.5, 0.6) is 6.01 Å². The minimum Gasteiger partial charge on any atom is -0.460 e. The summed E-state index contributed by atoms with van der Waals surface area (Å²) in [5.41, 5.74) is 1.86. The number of hydrogen-bond donors (Lipinski definition) is 0. The molecule has 0 saturated carbocycles. The second-order valence-corrected chi connectivity index (χ2v) is 5.55. The standard InChI is InChI=1S/C17H22ClN3O3/c1-3-23-11-12-24-17-19-16(14-8-5-4-7-13(14)2)21(20-17)15(22)9-6-10-18/h4-5,7-8H,3,6,9-12H2,1-2H3. The first-order valence-corrected chi connectivity index (χ1v) is 8.53. The number of nitrogens with zero attached hydrogens (tertiary/aromatic N) is 3. The van der Waals surface area contributed by atoms with Crippen molar-refractivity contribution in [1.82, 2.24) is 14.8 Å². The highest BCUT2D eigenvalue weighted by molar-refractivity contribution is 6.17. The van der Waals surface area contributed by atoms with Crippen LogP contribution in [-0.2, 0) is 4.74 Å². The van der Waals surface area contributed by atoms with Crippen LogP contribution < -0.4 is 4.74 Å². The van der Waals surface area contributed by atoms with Crippen molar-refractivity contribution in [3.63, 3.8) is 0 Å². The molecule has 130 valence electrons. The average molecular weight is 352 g/mol. The average Bonchev–Trinajstić information content (AvgIpc) is 3.01. The van der Waals surface area contributed by atoms with E-state index in [4.69, 9.17) is 21.1 Å². The molecule has 0 radical (unpaired) electrons. The number of halogens is 1. The second-order valence-electron chi connectivity index (χ2n) is 5.18. The number of aryl methyl sites for hydroxylation is 1. The van der Waals surface area contributed by atoms with Crippen LogP contribution in [0, 0.1) is 6.92 Å². The Morgan fingerprint density at radius 3 is 2.79 bits per heavy atom. The Hall–Kier alpha value is -1.92. The third-order valence-corrected chi connectivity index (χ3v) is 3.66. The molecule has 1 heterocycles. The predicted molar refractivity (Wildman–Crippen MR) is 92.8 cm³/mol. The maximum Gasteiger partial charge on any atom is 0.336 e. The Bertz CT molecular complexity index is 673. The van der Waals surface area contributed by atoms with Gasteiger partial charge in [-0.05, 0) is 25.8 Å². The van der Waals surface area contributed by atoms with Crippen LogP contribution in [0.4, 0.5) is 0 Å². The molecule has 7 heteroatoms. The van der Waals surface area contributed by atoms with Crippen LogP contribution in [0.2, 0.25) is 0 Å². The maximum atomic E-state index is 12.4. The first kappa shape index (κ1) is 18.4. The number of ether oxygens (including phenoxy) is 2. The lowest BCUT2D eigenvalue weighted by Crippen LogP contribution is -2.14. The van der Waals surface area contributed by atoms with Crippen LogP contribution in [0.3, 0.4) is 0 Å². The molecule has 1 aromatic heterocycles. The zero-order chi connectivity index (χ0) is 17.4. The van der Waals surface area contributed by atoms with Crippen molar-refractivity contribution >= 4 is 17.5 Å². The summed E-state index contributed by atoms with van der Waals surface area (Å²) in [4.78, 5) is 16.8. The Morgan fingerprint density at radius 2 is 2.08 bits per heavy atom. The molecule has 0 amide bonds. The van der Waals surface area contributed by atoms with Gasteiger partial charge in [-0.15, -0.1) is 16.7 Å². The molecule has 0 N–H and O–H groups in total. The Kier molecular flexibility index (Phi) is 7.21. The number of aromatic nitrogens is 3. The van der Waals surface area contributed by atoms with Gasteiger partial charge in [0.25, 0.3) is 0 Å². The quantitative estimate of drug-likeness (QED) is 0.512. The molecule has 1 aromatic carbocycles. The van der Waals surface area contributed by atoms with Crippen LogP contribution in [0.15, 0.2) is 24.3 Å². The van der Waals surface area contributed by atoms with Crippen LogP contribution in [-0.4, -0.2) is 46.4 Å². The molecule has 0 unspecified atom stereocenters. The van der Waals surface area contributed by atoms with E-state index in [1.54, 1.807) is 0 Å². The lowest BCUT2D eigenvalue weighted by atomic mass is 10.1. The van der Waals surface area contributed by atoms with Crippen molar-refractivity contribution in [3.8, 4) is 17.4 Å². The Morgan fingerprint density at radius 1 is 1.29 bits per heavy atom. The van der Waals surface area contributed by atoms with E-state index in [1.165, 1.54) is 4.68 Å². The Balaban J connectivity index is 2.27. The largest absolute Gasteiger partial charge is 0.460 e. The van der Waals surface area contributed by atoms with Gasteiger partial charge < -0.3 is 9.47 Å². The van der Waals surface area contributed by atoms with E-state index in [0.717, 1.165) is 11.1 Å². The van der Waals surface area contributed by atoms with Crippen molar-refractivity contribution < 1.29 is 14.3 Å². The molecule has 0 fully saturated rings. The van der Waals surface area contributed by atoms with Crippen molar-refractivity contribution in [2.45, 2.75) is 26.7 Å². The van der Waals surface area contributed by atoms with Gasteiger partial charge in [0.05, 0.1) is 6.61 Å². The van der Waals surface area contributed by atoms with E-state index in [-0.39, 0.29) is 11.9 Å². The van der Waals surface area contributed by atoms with Gasteiger partial charge in [0.15, 0.2) is 5.82 Å². The monoisotopic (exact) mass is 351 g/mol. The molecule has 2 aromatic rings. The zero-order valence-electron chi connectivity index (χ0n) is 14.0. The summed E-state index contributed by atoms with van der Waals surface area (Å²) in [6.07, 6.45) is 0.901. The van der Waals surface area contributed by atoms with E-state index in [2.05, 4.69) is 10.1 Å². The molecule has 6 nitrogen and oxygen atoms in total. The van der Waals surface area contributed by atoms with Crippen LogP contribution in [0.25, 0.3) is 11.4 Å². The van der Waals surface area contributed by atoms with Crippen molar-refractivity contribution in [2.24, 2.45) is 0 Å². The molecule has 2 rings (SSSR count). The highest BCUT2D eigenvalue weighted by Crippen LogP contribution is 2.23. The zero-order valence-corrected chi connectivity index (χ0v) is 14.8. The summed E-state index contributed by atoms with van der Waals surface area (Å²) in [5, 5.41) is 4.21. The SMILES string of the molecule is CCOCCOc1nc(-c2ccccc2C)n(C(=O)CCCCl)n1. The summed E-state index contributed by atoms with van der Waals surface area (Å²) < 4.78 is 12.0. The Labute approximate surface area is 146 Å². The fourth-order valence-electron chi connectivity index (χ4n) is 2.19. The molecule has 0 aliphatic carbocycles. The highest BCUT2D eigenvalue weighted by Gasteiger charge is 2.19. The predicted octanol–water partition coefficient (Wildman–Crippen LogP) is 3.33. The molecular weight excluding hydrogens is 330 g/mol. The van der Waals surface area contributed by atoms with Gasteiger partial charge in [0.1, 0.15) is 6.61 Å². The fraction of sp³-hybridized carbons (Fsp3) is 0.471. The van der Waals surface area contributed by atoms with Gasteiger partial charge in [-0.25, -0.2) is 0 Å². The molecule has 0 spiro atoms. The number of benzene rings is 1. The van der Waals surface area contributed by atoms with E-state index >= 15 is 0 Å². The van der Waals surface area contributed by atoms with E-state index in [1.807, 2.05) is 38.1 Å². The van der Waals surface area contributed by atoms with Gasteiger partial charge in [-0.2, -0.15) is 9.67 Å². The molecule has 0 saturated heterocycles. The van der Waals surface area contributed by atoms with Crippen molar-refractivity contribution in [2.75, 3.05) is 25.7 Å². The summed E-state index contributed by atoms with van der Waals surface area (Å²) >= 11 is 5.68. The van der Waals surface area contributed by atoms with Gasteiger partial charge in [-0.3, -0.25) is 4.79 Å². The van der Waals surface area contributed by atoms with E-state index < -0.39 is 0 Å². The third kappa shape index (κ3) is 4.79. The minimum absolute atomic E-state index is 0.152. The molecule has 0 aliphatic heterocycles. The van der Waals surface area contributed by atoms with E-state index in [0.29, 0.717) is 44.4 Å². The molecule has 0 aliphatic rings. The number of carbonyl (C=O) groups excluding carboxylic acids is 1. The summed E-state index contributed by atoms with van der Waals surface area (Å²) in [6, 6.07) is 7.89. The normalized spacial score (nSPS) is 10.8. The number of hydrogen-bond acceptors (Lipinski definition) is 5. The first-order chi connectivity index (χ1) is 11.7. The highest BCUT2D eigenvalue weighted by atomic mass is 35.5. The maximum absolute atomic E-state index is 12.4. The molecule has 24 heavy (non-hydrogen) atoms.